The third-order valence-electron chi connectivity index (χ3n) is 4.87. The molecular weight excluding hydrogens is 468 g/mol. The summed E-state index contributed by atoms with van der Waals surface area (Å²) in [4.78, 5) is 25.9. The van der Waals surface area contributed by atoms with Crippen molar-refractivity contribution in [2.24, 2.45) is 0 Å². The molecule has 2 atom stereocenters. The average molecular weight is 491 g/mol. The van der Waals surface area contributed by atoms with Gasteiger partial charge < -0.3 is 9.64 Å². The highest BCUT2D eigenvalue weighted by Gasteiger charge is 2.34. The van der Waals surface area contributed by atoms with Gasteiger partial charge in [0.1, 0.15) is 22.0 Å². The molecule has 1 aliphatic rings. The van der Waals surface area contributed by atoms with Crippen molar-refractivity contribution < 1.29 is 31.2 Å². The number of sulfonamides is 1. The lowest BCUT2D eigenvalue weighted by atomic mass is 10.2. The minimum absolute atomic E-state index is 0.0152. The van der Waals surface area contributed by atoms with Gasteiger partial charge in [0.25, 0.3) is 5.91 Å². The molecule has 1 aromatic heterocycles. The molecule has 0 aliphatic carbocycles. The van der Waals surface area contributed by atoms with Gasteiger partial charge in [-0.05, 0) is 32.4 Å². The molecule has 11 nitrogen and oxygen atoms in total. The van der Waals surface area contributed by atoms with Gasteiger partial charge in [-0.2, -0.15) is 13.5 Å². The maximum absolute atomic E-state index is 12.7. The first kappa shape index (κ1) is 23.5. The molecule has 1 fully saturated rings. The van der Waals surface area contributed by atoms with E-state index in [1.165, 1.54) is 24.0 Å². The van der Waals surface area contributed by atoms with Crippen LogP contribution >= 0.6 is 11.7 Å². The van der Waals surface area contributed by atoms with Crippen LogP contribution in [0.1, 0.15) is 20.3 Å². The van der Waals surface area contributed by atoms with E-state index >= 15 is 0 Å². The number of ether oxygens (including phenoxy) is 1. The minimum atomic E-state index is -4.10. The Morgan fingerprint density at radius 3 is 2.74 bits per heavy atom. The highest BCUT2D eigenvalue weighted by atomic mass is 32.2. The quantitative estimate of drug-likeness (QED) is 0.501. The van der Waals surface area contributed by atoms with E-state index in [4.69, 9.17) is 4.74 Å². The van der Waals surface area contributed by atoms with Crippen molar-refractivity contribution in [3.63, 3.8) is 0 Å². The van der Waals surface area contributed by atoms with Crippen molar-refractivity contribution in [1.29, 1.82) is 0 Å². The molecular formula is C17H22N4O7S3. The van der Waals surface area contributed by atoms with Crippen molar-refractivity contribution >= 4 is 54.5 Å². The first-order valence-electron chi connectivity index (χ1n) is 9.44. The van der Waals surface area contributed by atoms with E-state index in [-0.39, 0.29) is 28.5 Å². The number of benzene rings is 1. The summed E-state index contributed by atoms with van der Waals surface area (Å²) >= 11 is 0.871. The summed E-state index contributed by atoms with van der Waals surface area (Å²) in [6.45, 7) is 2.66. The van der Waals surface area contributed by atoms with E-state index in [2.05, 4.69) is 13.5 Å². The smallest absolute Gasteiger partial charge is 0.324 e. The molecule has 1 saturated heterocycles. The molecule has 170 valence electrons. The van der Waals surface area contributed by atoms with Crippen molar-refractivity contribution in [2.45, 2.75) is 37.2 Å². The molecule has 0 bridgehead atoms. The number of carbonyl (C=O) groups is 2. The van der Waals surface area contributed by atoms with Gasteiger partial charge in [-0.1, -0.05) is 6.07 Å². The fraction of sp³-hybridized carbons (Fsp3) is 0.529. The number of nitrogens with zero attached hydrogens (tertiary/aromatic N) is 3. The Morgan fingerprint density at radius 2 is 2.10 bits per heavy atom. The number of carbonyl (C=O) groups excluding carboxylic acids is 2. The lowest BCUT2D eigenvalue weighted by molar-refractivity contribution is -0.153. The molecule has 1 amide bonds. The number of rotatable bonds is 8. The van der Waals surface area contributed by atoms with E-state index < -0.39 is 50.4 Å². The van der Waals surface area contributed by atoms with Gasteiger partial charge in [-0.25, -0.2) is 16.8 Å². The Balaban J connectivity index is 1.60. The number of hydrogen-bond acceptors (Lipinski definition) is 10. The molecule has 2 heterocycles. The van der Waals surface area contributed by atoms with Crippen LogP contribution in [0.5, 0.6) is 0 Å². The van der Waals surface area contributed by atoms with Crippen LogP contribution in [0.15, 0.2) is 23.1 Å². The number of esters is 1. The molecule has 0 spiro atoms. The first-order valence-corrected chi connectivity index (χ1v) is 13.5. The molecule has 3 rings (SSSR count). The van der Waals surface area contributed by atoms with Crippen LogP contribution < -0.4 is 4.72 Å². The zero-order valence-electron chi connectivity index (χ0n) is 16.8. The molecule has 14 heteroatoms. The largest absolute Gasteiger partial charge is 0.454 e. The first-order chi connectivity index (χ1) is 14.5. The number of fused-ring (bicyclic) bond motifs is 1. The summed E-state index contributed by atoms with van der Waals surface area (Å²) in [5.41, 5.74) is 0.614. The van der Waals surface area contributed by atoms with E-state index in [0.29, 0.717) is 11.9 Å². The average Bonchev–Trinajstić information content (AvgIpc) is 3.32. The van der Waals surface area contributed by atoms with Crippen LogP contribution in [-0.2, 0) is 34.2 Å². The second-order valence-electron chi connectivity index (χ2n) is 7.08. The van der Waals surface area contributed by atoms with Crippen LogP contribution in [0.2, 0.25) is 0 Å². The highest BCUT2D eigenvalue weighted by Crippen LogP contribution is 2.21. The number of hydrogen-bond donors (Lipinski definition) is 1. The molecule has 0 saturated carbocycles. The lowest BCUT2D eigenvalue weighted by Crippen LogP contribution is -2.45. The molecule has 0 unspecified atom stereocenters. The number of amides is 1. The normalized spacial score (nSPS) is 19.2. The van der Waals surface area contributed by atoms with Crippen LogP contribution in [-0.4, -0.2) is 79.1 Å². The van der Waals surface area contributed by atoms with Gasteiger partial charge in [0.05, 0.1) is 23.2 Å². The Hall–Kier alpha value is -2.16. The van der Waals surface area contributed by atoms with Gasteiger partial charge in [-0.3, -0.25) is 9.59 Å². The van der Waals surface area contributed by atoms with Crippen LogP contribution in [0.3, 0.4) is 0 Å². The Kier molecular flexibility index (Phi) is 6.93. The second kappa shape index (κ2) is 9.14. The summed E-state index contributed by atoms with van der Waals surface area (Å²) in [6.07, 6.45) is 0.336. The molecule has 2 aromatic rings. The third kappa shape index (κ3) is 5.37. The van der Waals surface area contributed by atoms with Crippen molar-refractivity contribution in [3.8, 4) is 0 Å². The van der Waals surface area contributed by atoms with Gasteiger partial charge in [0.2, 0.25) is 10.0 Å². The van der Waals surface area contributed by atoms with Gasteiger partial charge in [-0.15, -0.1) is 0 Å². The van der Waals surface area contributed by atoms with Crippen LogP contribution in [0.4, 0.5) is 0 Å². The predicted octanol–water partition coefficient (Wildman–Crippen LogP) is -0.0631. The third-order valence-corrected chi connectivity index (χ3v) is 8.74. The van der Waals surface area contributed by atoms with Crippen molar-refractivity contribution in [1.82, 2.24) is 18.4 Å². The lowest BCUT2D eigenvalue weighted by Gasteiger charge is -2.26. The van der Waals surface area contributed by atoms with E-state index in [1.807, 2.05) is 0 Å². The summed E-state index contributed by atoms with van der Waals surface area (Å²) in [6, 6.07) is 2.77. The standard InChI is InChI=1S/C17H22N4O7S3/c1-3-21(12-7-8-30(24,25)10-12)15(22)9-28-17(23)11(2)20-31(26,27)14-6-4-5-13-16(14)19-29-18-13/h4-6,11-12,20H,3,7-10H2,1-2H3/t11-,12+/m0/s1. The van der Waals surface area contributed by atoms with E-state index in [9.17, 15) is 26.4 Å². The summed E-state index contributed by atoms with van der Waals surface area (Å²) in [5, 5.41) is 0. The zero-order chi connectivity index (χ0) is 22.8. The maximum atomic E-state index is 12.7. The maximum Gasteiger partial charge on any atom is 0.324 e. The number of aromatic nitrogens is 2. The zero-order valence-corrected chi connectivity index (χ0v) is 19.3. The van der Waals surface area contributed by atoms with E-state index in [0.717, 1.165) is 11.7 Å². The molecule has 31 heavy (non-hydrogen) atoms. The summed E-state index contributed by atoms with van der Waals surface area (Å²) < 4.78 is 63.8. The molecule has 1 aliphatic heterocycles. The fourth-order valence-corrected chi connectivity index (χ4v) is 7.03. The number of sulfone groups is 1. The highest BCUT2D eigenvalue weighted by molar-refractivity contribution is 7.91. The molecule has 0 radical (unpaired) electrons. The van der Waals surface area contributed by atoms with Crippen LogP contribution in [0.25, 0.3) is 11.0 Å². The summed E-state index contributed by atoms with van der Waals surface area (Å²) in [7, 11) is -7.27. The van der Waals surface area contributed by atoms with Crippen LogP contribution in [0, 0.1) is 0 Å². The Morgan fingerprint density at radius 1 is 1.35 bits per heavy atom. The fourth-order valence-electron chi connectivity index (χ4n) is 3.34. The van der Waals surface area contributed by atoms with Crippen molar-refractivity contribution in [2.75, 3.05) is 24.7 Å². The Labute approximate surface area is 184 Å². The monoisotopic (exact) mass is 490 g/mol. The minimum Gasteiger partial charge on any atom is -0.454 e. The van der Waals surface area contributed by atoms with Gasteiger partial charge in [0.15, 0.2) is 16.4 Å². The predicted molar refractivity (Wildman–Crippen MR) is 113 cm³/mol. The number of likely N-dealkylation sites (N-methyl/N-ethyl adjacent to an activating group) is 1. The van der Waals surface area contributed by atoms with Gasteiger partial charge in [0, 0.05) is 12.6 Å². The second-order valence-corrected chi connectivity index (χ2v) is 11.5. The van der Waals surface area contributed by atoms with Gasteiger partial charge >= 0.3 is 5.97 Å². The SMILES string of the molecule is CCN(C(=O)COC(=O)[C@H](C)NS(=O)(=O)c1cccc2nsnc12)[C@@H]1CCS(=O)(=O)C1. The number of nitrogens with one attached hydrogen (secondary N) is 1. The Bertz CT molecular complexity index is 1190. The van der Waals surface area contributed by atoms with Crippen molar-refractivity contribution in [3.05, 3.63) is 18.2 Å². The topological polar surface area (TPSA) is 153 Å². The molecule has 1 N–H and O–H groups in total. The molecule has 1 aromatic carbocycles. The summed E-state index contributed by atoms with van der Waals surface area (Å²) in [5.74, 6) is -1.57. The van der Waals surface area contributed by atoms with E-state index in [1.54, 1.807) is 13.0 Å².